The van der Waals surface area contributed by atoms with Gasteiger partial charge in [0.1, 0.15) is 24.2 Å². The van der Waals surface area contributed by atoms with Crippen molar-refractivity contribution in [1.82, 2.24) is 0 Å². The molecule has 0 radical (unpaired) electrons. The van der Waals surface area contributed by atoms with Crippen LogP contribution in [-0.2, 0) is 19.1 Å². The molecule has 0 fully saturated rings. The minimum atomic E-state index is -0.733. The van der Waals surface area contributed by atoms with Crippen LogP contribution in [0.1, 0.15) is 26.3 Å². The number of rotatable bonds is 7. The Morgan fingerprint density at radius 2 is 2.21 bits per heavy atom. The maximum absolute atomic E-state index is 12.0. The maximum atomic E-state index is 12.0. The van der Waals surface area contributed by atoms with Gasteiger partial charge in [0, 0.05) is 23.1 Å². The van der Waals surface area contributed by atoms with Crippen LogP contribution in [0.3, 0.4) is 0 Å². The van der Waals surface area contributed by atoms with Gasteiger partial charge in [-0.15, -0.1) is 0 Å². The summed E-state index contributed by atoms with van der Waals surface area (Å²) in [4.78, 5) is 17.1. The summed E-state index contributed by atoms with van der Waals surface area (Å²) in [6.07, 6.45) is -1.03. The molecular formula is C17H22ClNO5. The largest absolute Gasteiger partial charge is 0.478 e. The van der Waals surface area contributed by atoms with Gasteiger partial charge in [-0.3, -0.25) is 0 Å². The molecule has 7 heteroatoms. The highest BCUT2D eigenvalue weighted by atomic mass is 35.5. The standard InChI is InChI=1S/C17H22ClNO5/c1-5-22-14-9-23-19-15(14)12-8-11(18)6-7-13(12)24-16(10(2)3)17(20)21-4/h6-8,10,14,16H,5,9H2,1-4H3. The maximum Gasteiger partial charge on any atom is 0.347 e. The Morgan fingerprint density at radius 1 is 1.46 bits per heavy atom. The van der Waals surface area contributed by atoms with E-state index >= 15 is 0 Å². The summed E-state index contributed by atoms with van der Waals surface area (Å²) in [5.74, 6) is -0.0141. The SMILES string of the molecule is CCOC1CON=C1c1cc(Cl)ccc1OC(C(=O)OC)C(C)C. The molecular weight excluding hydrogens is 334 g/mol. The van der Waals surface area contributed by atoms with Crippen LogP contribution in [0.4, 0.5) is 0 Å². The van der Waals surface area contributed by atoms with Crippen molar-refractivity contribution in [1.29, 1.82) is 0 Å². The first kappa shape index (κ1) is 18.5. The van der Waals surface area contributed by atoms with E-state index in [1.807, 2.05) is 20.8 Å². The number of nitrogens with zero attached hydrogens (tertiary/aromatic N) is 1. The van der Waals surface area contributed by atoms with Crippen LogP contribution in [0.5, 0.6) is 5.75 Å². The Bertz CT molecular complexity index is 617. The number of hydrogen-bond donors (Lipinski definition) is 0. The first-order valence-corrected chi connectivity index (χ1v) is 8.21. The summed E-state index contributed by atoms with van der Waals surface area (Å²) >= 11 is 6.13. The number of carbonyl (C=O) groups is 1. The van der Waals surface area contributed by atoms with Crippen molar-refractivity contribution in [2.75, 3.05) is 20.3 Å². The highest BCUT2D eigenvalue weighted by Crippen LogP contribution is 2.29. The van der Waals surface area contributed by atoms with Gasteiger partial charge in [0.25, 0.3) is 0 Å². The summed E-state index contributed by atoms with van der Waals surface area (Å²) in [5.41, 5.74) is 1.25. The fourth-order valence-electron chi connectivity index (χ4n) is 2.38. The van der Waals surface area contributed by atoms with E-state index in [0.29, 0.717) is 35.3 Å². The number of ether oxygens (including phenoxy) is 3. The van der Waals surface area contributed by atoms with Gasteiger partial charge in [-0.05, 0) is 25.1 Å². The first-order chi connectivity index (χ1) is 11.5. The molecule has 1 aromatic rings. The van der Waals surface area contributed by atoms with Crippen LogP contribution in [0.25, 0.3) is 0 Å². The van der Waals surface area contributed by atoms with Crippen LogP contribution in [0.15, 0.2) is 23.4 Å². The van der Waals surface area contributed by atoms with E-state index in [1.165, 1.54) is 7.11 Å². The molecule has 6 nitrogen and oxygen atoms in total. The molecule has 0 N–H and O–H groups in total. The second-order valence-corrected chi connectivity index (χ2v) is 6.10. The fourth-order valence-corrected chi connectivity index (χ4v) is 2.55. The molecule has 1 heterocycles. The average molecular weight is 356 g/mol. The fraction of sp³-hybridized carbons (Fsp3) is 0.529. The van der Waals surface area contributed by atoms with Crippen LogP contribution < -0.4 is 4.74 Å². The highest BCUT2D eigenvalue weighted by Gasteiger charge is 2.31. The lowest BCUT2D eigenvalue weighted by Gasteiger charge is -2.22. The van der Waals surface area contributed by atoms with Crippen molar-refractivity contribution in [3.63, 3.8) is 0 Å². The Kier molecular flexibility index (Phi) is 6.45. The summed E-state index contributed by atoms with van der Waals surface area (Å²) in [6, 6.07) is 5.13. The number of carbonyl (C=O) groups excluding carboxylic acids is 1. The molecule has 0 aliphatic carbocycles. The molecule has 1 aliphatic heterocycles. The molecule has 2 rings (SSSR count). The molecule has 1 aliphatic rings. The van der Waals surface area contributed by atoms with Crippen molar-refractivity contribution in [3.05, 3.63) is 28.8 Å². The second-order valence-electron chi connectivity index (χ2n) is 5.66. The molecule has 24 heavy (non-hydrogen) atoms. The highest BCUT2D eigenvalue weighted by molar-refractivity contribution is 6.31. The van der Waals surface area contributed by atoms with Crippen LogP contribution in [0.2, 0.25) is 5.02 Å². The van der Waals surface area contributed by atoms with Crippen molar-refractivity contribution >= 4 is 23.3 Å². The monoisotopic (exact) mass is 355 g/mol. The van der Waals surface area contributed by atoms with E-state index in [9.17, 15) is 4.79 Å². The zero-order valence-corrected chi connectivity index (χ0v) is 15.0. The zero-order chi connectivity index (χ0) is 17.7. The van der Waals surface area contributed by atoms with Crippen LogP contribution >= 0.6 is 11.6 Å². The minimum absolute atomic E-state index is 0.0644. The van der Waals surface area contributed by atoms with Gasteiger partial charge in [-0.25, -0.2) is 4.79 Å². The molecule has 0 saturated heterocycles. The summed E-state index contributed by atoms with van der Waals surface area (Å²) in [5, 5.41) is 4.59. The summed E-state index contributed by atoms with van der Waals surface area (Å²) < 4.78 is 16.4. The zero-order valence-electron chi connectivity index (χ0n) is 14.2. The third-order valence-electron chi connectivity index (χ3n) is 3.57. The van der Waals surface area contributed by atoms with Gasteiger partial charge in [0.2, 0.25) is 0 Å². The first-order valence-electron chi connectivity index (χ1n) is 7.83. The molecule has 1 aromatic carbocycles. The summed E-state index contributed by atoms with van der Waals surface area (Å²) in [6.45, 7) is 6.53. The third kappa shape index (κ3) is 4.19. The number of esters is 1. The van der Waals surface area contributed by atoms with Crippen molar-refractivity contribution in [3.8, 4) is 5.75 Å². The van der Waals surface area contributed by atoms with Crippen LogP contribution in [-0.4, -0.2) is 44.2 Å². The van der Waals surface area contributed by atoms with E-state index < -0.39 is 12.1 Å². The van der Waals surface area contributed by atoms with Crippen molar-refractivity contribution < 1.29 is 23.8 Å². The summed E-state index contributed by atoms with van der Waals surface area (Å²) in [7, 11) is 1.34. The van der Waals surface area contributed by atoms with E-state index in [4.69, 9.17) is 30.6 Å². The van der Waals surface area contributed by atoms with Crippen molar-refractivity contribution in [2.45, 2.75) is 33.0 Å². The molecule has 132 valence electrons. The van der Waals surface area contributed by atoms with Crippen LogP contribution in [0, 0.1) is 5.92 Å². The Labute approximate surface area is 146 Å². The number of methoxy groups -OCH3 is 1. The Balaban J connectivity index is 2.36. The molecule has 2 atom stereocenters. The quantitative estimate of drug-likeness (QED) is 0.703. The van der Waals surface area contributed by atoms with Gasteiger partial charge in [-0.1, -0.05) is 30.6 Å². The van der Waals surface area contributed by atoms with E-state index in [2.05, 4.69) is 5.16 Å². The normalized spacial score (nSPS) is 18.1. The molecule has 2 unspecified atom stereocenters. The molecule has 0 saturated carbocycles. The lowest BCUT2D eigenvalue weighted by atomic mass is 10.0. The third-order valence-corrected chi connectivity index (χ3v) is 3.81. The topological polar surface area (TPSA) is 66.3 Å². The Morgan fingerprint density at radius 3 is 2.83 bits per heavy atom. The van der Waals surface area contributed by atoms with Gasteiger partial charge in [0.15, 0.2) is 6.10 Å². The van der Waals surface area contributed by atoms with Gasteiger partial charge in [-0.2, -0.15) is 0 Å². The molecule has 0 amide bonds. The van der Waals surface area contributed by atoms with Crippen molar-refractivity contribution in [2.24, 2.45) is 11.1 Å². The molecule has 0 bridgehead atoms. The predicted molar refractivity (Wildman–Crippen MR) is 90.6 cm³/mol. The predicted octanol–water partition coefficient (Wildman–Crippen LogP) is 3.06. The lowest BCUT2D eigenvalue weighted by molar-refractivity contribution is -0.150. The smallest absolute Gasteiger partial charge is 0.347 e. The average Bonchev–Trinajstić information content (AvgIpc) is 3.01. The van der Waals surface area contributed by atoms with E-state index in [1.54, 1.807) is 18.2 Å². The second kappa shape index (κ2) is 8.35. The minimum Gasteiger partial charge on any atom is -0.478 e. The Hall–Kier alpha value is -1.79. The number of hydrogen-bond acceptors (Lipinski definition) is 6. The van der Waals surface area contributed by atoms with Gasteiger partial charge >= 0.3 is 5.97 Å². The van der Waals surface area contributed by atoms with Gasteiger partial charge in [0.05, 0.1) is 7.11 Å². The number of benzene rings is 1. The lowest BCUT2D eigenvalue weighted by Crippen LogP contribution is -2.34. The van der Waals surface area contributed by atoms with E-state index in [0.717, 1.165) is 0 Å². The molecule has 0 aromatic heterocycles. The van der Waals surface area contributed by atoms with E-state index in [-0.39, 0.29) is 12.0 Å². The van der Waals surface area contributed by atoms with Gasteiger partial charge < -0.3 is 19.0 Å². The number of halogens is 1. The number of oxime groups is 1. The molecule has 0 spiro atoms.